The first-order chi connectivity index (χ1) is 11.1. The first kappa shape index (κ1) is 16.0. The molecule has 2 N–H and O–H groups in total. The molecule has 0 aliphatic carbocycles. The number of ether oxygens (including phenoxy) is 2. The van der Waals surface area contributed by atoms with Crippen LogP contribution in [0, 0.1) is 6.92 Å². The fourth-order valence-corrected chi connectivity index (χ4v) is 2.68. The minimum atomic E-state index is -1.03. The second kappa shape index (κ2) is 7.12. The van der Waals surface area contributed by atoms with Crippen LogP contribution in [0.4, 0.5) is 0 Å². The number of nitrogens with one attached hydrogen (secondary N) is 1. The molecule has 0 spiro atoms. The van der Waals surface area contributed by atoms with E-state index < -0.39 is 5.60 Å². The lowest BCUT2D eigenvalue weighted by atomic mass is 10.1. The summed E-state index contributed by atoms with van der Waals surface area (Å²) in [6.45, 7) is 5.08. The molecule has 3 rings (SSSR count). The molecule has 1 fully saturated rings. The summed E-state index contributed by atoms with van der Waals surface area (Å²) in [4.78, 5) is 2.15. The quantitative estimate of drug-likeness (QED) is 0.871. The molecule has 0 amide bonds. The van der Waals surface area contributed by atoms with Crippen LogP contribution < -0.4 is 4.74 Å². The molecule has 1 aromatic carbocycles. The Morgan fingerprint density at radius 2 is 2.17 bits per heavy atom. The van der Waals surface area contributed by atoms with Crippen LogP contribution in [0.3, 0.4) is 0 Å². The molecule has 0 bridgehead atoms. The fourth-order valence-electron chi connectivity index (χ4n) is 2.68. The van der Waals surface area contributed by atoms with E-state index in [2.05, 4.69) is 15.1 Å². The number of benzene rings is 1. The summed E-state index contributed by atoms with van der Waals surface area (Å²) in [6, 6.07) is 9.76. The second-order valence-corrected chi connectivity index (χ2v) is 6.17. The Bertz CT molecular complexity index is 600. The van der Waals surface area contributed by atoms with Crippen molar-refractivity contribution < 1.29 is 14.6 Å². The summed E-state index contributed by atoms with van der Waals surface area (Å²) in [6.07, 6.45) is 1.73. The monoisotopic (exact) mass is 317 g/mol. The van der Waals surface area contributed by atoms with E-state index in [1.165, 1.54) is 5.56 Å². The van der Waals surface area contributed by atoms with E-state index in [9.17, 15) is 5.11 Å². The first-order valence-corrected chi connectivity index (χ1v) is 7.83. The van der Waals surface area contributed by atoms with Crippen molar-refractivity contribution in [3.05, 3.63) is 47.8 Å². The number of H-pyrrole nitrogens is 1. The van der Waals surface area contributed by atoms with Gasteiger partial charge in [0, 0.05) is 31.5 Å². The lowest BCUT2D eigenvalue weighted by Gasteiger charge is -2.30. The van der Waals surface area contributed by atoms with Crippen LogP contribution in [-0.2, 0) is 11.3 Å². The van der Waals surface area contributed by atoms with Crippen molar-refractivity contribution in [3.8, 4) is 5.75 Å². The molecule has 1 aliphatic heterocycles. The second-order valence-electron chi connectivity index (χ2n) is 6.17. The Balaban J connectivity index is 1.60. The van der Waals surface area contributed by atoms with E-state index in [0.717, 1.165) is 18.0 Å². The Hall–Kier alpha value is -1.89. The number of aromatic nitrogens is 2. The van der Waals surface area contributed by atoms with Crippen LogP contribution >= 0.6 is 0 Å². The third-order valence-corrected chi connectivity index (χ3v) is 3.92. The summed E-state index contributed by atoms with van der Waals surface area (Å²) < 4.78 is 11.3. The molecule has 6 heteroatoms. The summed E-state index contributed by atoms with van der Waals surface area (Å²) in [5.74, 6) is 0.758. The molecule has 1 saturated heterocycles. The molecule has 1 atom stereocenters. The number of β-amino-alcohol motifs (C(OH)–C–C–N with tert-alkyl or cyclic N) is 1. The highest BCUT2D eigenvalue weighted by atomic mass is 16.5. The summed E-state index contributed by atoms with van der Waals surface area (Å²) >= 11 is 0. The number of nitrogens with zero attached hydrogens (tertiary/aromatic N) is 2. The fraction of sp³-hybridized carbons (Fsp3) is 0.471. The van der Waals surface area contributed by atoms with Crippen LogP contribution in [0.5, 0.6) is 5.75 Å². The normalized spacial score (nSPS) is 22.7. The van der Waals surface area contributed by atoms with Crippen LogP contribution in [0.2, 0.25) is 0 Å². The maximum Gasteiger partial charge on any atom is 0.134 e. The molecular weight excluding hydrogens is 294 g/mol. The smallest absolute Gasteiger partial charge is 0.134 e. The average Bonchev–Trinajstić information content (AvgIpc) is 2.97. The number of hydrogen-bond acceptors (Lipinski definition) is 5. The maximum absolute atomic E-state index is 10.8. The molecule has 0 unspecified atom stereocenters. The number of rotatable bonds is 5. The van der Waals surface area contributed by atoms with Gasteiger partial charge in [0.2, 0.25) is 0 Å². The van der Waals surface area contributed by atoms with Gasteiger partial charge >= 0.3 is 0 Å². The van der Waals surface area contributed by atoms with Crippen molar-refractivity contribution in [1.82, 2.24) is 15.1 Å². The predicted molar refractivity (Wildman–Crippen MR) is 86.3 cm³/mol. The van der Waals surface area contributed by atoms with E-state index in [1.807, 2.05) is 37.3 Å². The van der Waals surface area contributed by atoms with Crippen LogP contribution in [0.15, 0.2) is 36.5 Å². The largest absolute Gasteiger partial charge is 0.490 e. The van der Waals surface area contributed by atoms with Crippen molar-refractivity contribution in [2.75, 3.05) is 32.9 Å². The van der Waals surface area contributed by atoms with Crippen LogP contribution in [0.25, 0.3) is 0 Å². The molecule has 0 saturated carbocycles. The predicted octanol–water partition coefficient (Wildman–Crippen LogP) is 1.36. The lowest BCUT2D eigenvalue weighted by molar-refractivity contribution is -0.0647. The number of aliphatic hydroxyl groups is 1. The zero-order valence-corrected chi connectivity index (χ0v) is 13.4. The lowest BCUT2D eigenvalue weighted by Crippen LogP contribution is -2.48. The molecule has 2 heterocycles. The van der Waals surface area contributed by atoms with E-state index >= 15 is 0 Å². The van der Waals surface area contributed by atoms with E-state index in [-0.39, 0.29) is 13.2 Å². The Kier molecular flexibility index (Phi) is 4.95. The Morgan fingerprint density at radius 1 is 1.35 bits per heavy atom. The van der Waals surface area contributed by atoms with Gasteiger partial charge in [-0.05, 0) is 25.1 Å². The van der Waals surface area contributed by atoms with Crippen LogP contribution in [-0.4, -0.2) is 58.7 Å². The van der Waals surface area contributed by atoms with Gasteiger partial charge in [-0.3, -0.25) is 10.00 Å². The van der Waals surface area contributed by atoms with Crippen molar-refractivity contribution in [2.24, 2.45) is 0 Å². The highest BCUT2D eigenvalue weighted by Crippen LogP contribution is 2.18. The van der Waals surface area contributed by atoms with Crippen molar-refractivity contribution in [1.29, 1.82) is 0 Å². The minimum absolute atomic E-state index is 0.204. The van der Waals surface area contributed by atoms with E-state index in [4.69, 9.17) is 9.47 Å². The molecule has 0 radical (unpaired) electrons. The van der Waals surface area contributed by atoms with E-state index in [1.54, 1.807) is 6.20 Å². The highest BCUT2D eigenvalue weighted by Gasteiger charge is 2.33. The zero-order chi connectivity index (χ0) is 16.1. The number of aromatic amines is 1. The summed E-state index contributed by atoms with van der Waals surface area (Å²) in [5, 5.41) is 17.8. The third kappa shape index (κ3) is 4.54. The van der Waals surface area contributed by atoms with Crippen LogP contribution in [0.1, 0.15) is 11.3 Å². The van der Waals surface area contributed by atoms with Gasteiger partial charge in [0.15, 0.2) is 0 Å². The van der Waals surface area contributed by atoms with Gasteiger partial charge in [0.05, 0.1) is 13.2 Å². The van der Waals surface area contributed by atoms with Gasteiger partial charge in [0.25, 0.3) is 0 Å². The van der Waals surface area contributed by atoms with Gasteiger partial charge < -0.3 is 14.6 Å². The molecule has 1 aromatic heterocycles. The first-order valence-electron chi connectivity index (χ1n) is 7.83. The molecule has 23 heavy (non-hydrogen) atoms. The maximum atomic E-state index is 10.8. The molecule has 6 nitrogen and oxygen atoms in total. The Labute approximate surface area is 136 Å². The standard InChI is InChI=1S/C17H23N3O3/c1-14-2-4-16(5-3-14)23-13-17(21)11-20(8-9-22-12-17)10-15-6-7-18-19-15/h2-7,21H,8-13H2,1H3,(H,18,19)/t17-/m0/s1. The SMILES string of the molecule is Cc1ccc(OC[C@@]2(O)COCCN(Cc3ccn[nH]3)C2)cc1. The van der Waals surface area contributed by atoms with Crippen molar-refractivity contribution in [2.45, 2.75) is 19.1 Å². The van der Waals surface area contributed by atoms with E-state index in [0.29, 0.717) is 19.7 Å². The zero-order valence-electron chi connectivity index (χ0n) is 13.4. The van der Waals surface area contributed by atoms with Crippen molar-refractivity contribution >= 4 is 0 Å². The molecular formula is C17H23N3O3. The van der Waals surface area contributed by atoms with Gasteiger partial charge in [0.1, 0.15) is 18.0 Å². The molecule has 1 aliphatic rings. The molecule has 124 valence electrons. The van der Waals surface area contributed by atoms with Crippen molar-refractivity contribution in [3.63, 3.8) is 0 Å². The third-order valence-electron chi connectivity index (χ3n) is 3.92. The highest BCUT2D eigenvalue weighted by molar-refractivity contribution is 5.26. The number of aryl methyl sites for hydroxylation is 1. The number of hydrogen-bond donors (Lipinski definition) is 2. The van der Waals surface area contributed by atoms with Gasteiger partial charge in [-0.15, -0.1) is 0 Å². The topological polar surface area (TPSA) is 70.6 Å². The van der Waals surface area contributed by atoms with Gasteiger partial charge in [-0.1, -0.05) is 17.7 Å². The minimum Gasteiger partial charge on any atom is -0.490 e. The summed E-state index contributed by atoms with van der Waals surface area (Å²) in [5.41, 5.74) is 1.18. The average molecular weight is 317 g/mol. The Morgan fingerprint density at radius 3 is 2.91 bits per heavy atom. The summed E-state index contributed by atoms with van der Waals surface area (Å²) in [7, 11) is 0. The molecule has 2 aromatic rings. The van der Waals surface area contributed by atoms with Gasteiger partial charge in [-0.2, -0.15) is 5.10 Å². The van der Waals surface area contributed by atoms with Gasteiger partial charge in [-0.25, -0.2) is 0 Å².